The lowest BCUT2D eigenvalue weighted by Gasteiger charge is -2.15. The van der Waals surface area contributed by atoms with E-state index >= 15 is 0 Å². The van der Waals surface area contributed by atoms with Gasteiger partial charge in [0.05, 0.1) is 27.4 Å². The average molecular weight is 402 g/mol. The maximum Gasteiger partial charge on any atom is 0.195 e. The number of methoxy groups -OCH3 is 2. The summed E-state index contributed by atoms with van der Waals surface area (Å²) in [5, 5.41) is 6.56. The van der Waals surface area contributed by atoms with Gasteiger partial charge in [0.1, 0.15) is 0 Å². The average Bonchev–Trinajstić information content (AvgIpc) is 2.75. The maximum atomic E-state index is 5.70. The Bertz CT molecular complexity index is 809. The molecule has 158 valence electrons. The first-order valence-corrected chi connectivity index (χ1v) is 9.73. The monoisotopic (exact) mass is 401 g/mol. The molecule has 0 unspecified atom stereocenters. The molecule has 0 aliphatic heterocycles. The molecule has 0 spiro atoms. The van der Waals surface area contributed by atoms with Crippen LogP contribution in [0.25, 0.3) is 0 Å². The van der Waals surface area contributed by atoms with Crippen LogP contribution >= 0.6 is 0 Å². The summed E-state index contributed by atoms with van der Waals surface area (Å²) in [6.07, 6.45) is 0.949. The smallest absolute Gasteiger partial charge is 0.195 e. The summed E-state index contributed by atoms with van der Waals surface area (Å²) in [5.74, 6) is 3.49. The third-order valence-corrected chi connectivity index (χ3v) is 4.10. The van der Waals surface area contributed by atoms with Gasteiger partial charge < -0.3 is 29.6 Å². The van der Waals surface area contributed by atoms with E-state index in [9.17, 15) is 0 Å². The quantitative estimate of drug-likeness (QED) is 0.462. The normalized spacial score (nSPS) is 11.0. The number of benzene rings is 2. The number of hydrogen-bond donors (Lipinski definition) is 2. The van der Waals surface area contributed by atoms with Crippen molar-refractivity contribution in [2.24, 2.45) is 4.99 Å². The van der Waals surface area contributed by atoms with Crippen LogP contribution < -0.4 is 29.6 Å². The lowest BCUT2D eigenvalue weighted by Crippen LogP contribution is -2.30. The molecule has 0 aliphatic rings. The second-order valence-corrected chi connectivity index (χ2v) is 6.18. The molecule has 7 heteroatoms. The summed E-state index contributed by atoms with van der Waals surface area (Å²) in [5.41, 5.74) is 1.90. The third-order valence-electron chi connectivity index (χ3n) is 4.10. The fourth-order valence-corrected chi connectivity index (χ4v) is 2.68. The van der Waals surface area contributed by atoms with E-state index in [1.54, 1.807) is 21.3 Å². The molecule has 0 saturated heterocycles. The number of nitrogens with zero attached hydrogens (tertiary/aromatic N) is 1. The lowest BCUT2D eigenvalue weighted by molar-refractivity contribution is 0.294. The van der Waals surface area contributed by atoms with Gasteiger partial charge in [0.2, 0.25) is 0 Å². The maximum absolute atomic E-state index is 5.70. The molecule has 2 N–H and O–H groups in total. The van der Waals surface area contributed by atoms with Gasteiger partial charge in [-0.15, -0.1) is 0 Å². The zero-order chi connectivity index (χ0) is 21.1. The van der Waals surface area contributed by atoms with Crippen molar-refractivity contribution in [1.29, 1.82) is 0 Å². The van der Waals surface area contributed by atoms with E-state index in [4.69, 9.17) is 18.9 Å². The molecule has 2 aromatic carbocycles. The molecule has 29 heavy (non-hydrogen) atoms. The van der Waals surface area contributed by atoms with Gasteiger partial charge in [-0.25, -0.2) is 0 Å². The Hall–Kier alpha value is -3.09. The molecule has 7 nitrogen and oxygen atoms in total. The van der Waals surface area contributed by atoms with E-state index < -0.39 is 0 Å². The molecule has 2 aromatic rings. The SMILES string of the molecule is CCCOc1ccc(CNC(=NC)Nc2ccc(OC)c(OCC)c2)cc1OC. The summed E-state index contributed by atoms with van der Waals surface area (Å²) < 4.78 is 22.1. The lowest BCUT2D eigenvalue weighted by atomic mass is 10.2. The fraction of sp³-hybridized carbons (Fsp3) is 0.409. The van der Waals surface area contributed by atoms with Crippen LogP contribution in [0.5, 0.6) is 23.0 Å². The second-order valence-electron chi connectivity index (χ2n) is 6.18. The molecule has 0 amide bonds. The van der Waals surface area contributed by atoms with Crippen molar-refractivity contribution >= 4 is 11.6 Å². The third kappa shape index (κ3) is 6.48. The highest BCUT2D eigenvalue weighted by atomic mass is 16.5. The Labute approximate surface area is 173 Å². The predicted octanol–water partition coefficient (Wildman–Crippen LogP) is 4.08. The molecule has 0 heterocycles. The number of ether oxygens (including phenoxy) is 4. The van der Waals surface area contributed by atoms with Crippen molar-refractivity contribution in [3.63, 3.8) is 0 Å². The van der Waals surface area contributed by atoms with Gasteiger partial charge >= 0.3 is 0 Å². The van der Waals surface area contributed by atoms with E-state index in [1.165, 1.54) is 0 Å². The molecular formula is C22H31N3O4. The predicted molar refractivity (Wildman–Crippen MR) is 117 cm³/mol. The first-order chi connectivity index (χ1) is 14.1. The molecule has 2 rings (SSSR count). The van der Waals surface area contributed by atoms with Crippen LogP contribution in [0.15, 0.2) is 41.4 Å². The standard InChI is InChI=1S/C22H31N3O4/c1-6-12-29-19-10-8-16(13-20(19)27-5)15-24-22(23-3)25-17-9-11-18(26-4)21(14-17)28-7-2/h8-11,13-14H,6-7,12,15H2,1-5H3,(H2,23,24,25). The molecule has 0 aliphatic carbocycles. The number of nitrogens with one attached hydrogen (secondary N) is 2. The molecular weight excluding hydrogens is 370 g/mol. The van der Waals surface area contributed by atoms with E-state index in [2.05, 4.69) is 22.5 Å². The Kier molecular flexibility index (Phi) is 8.95. The molecule has 0 radical (unpaired) electrons. The minimum Gasteiger partial charge on any atom is -0.493 e. The number of rotatable bonds is 10. The van der Waals surface area contributed by atoms with Crippen LogP contribution in [0.3, 0.4) is 0 Å². The highest BCUT2D eigenvalue weighted by molar-refractivity contribution is 5.93. The second kappa shape index (κ2) is 11.7. The fourth-order valence-electron chi connectivity index (χ4n) is 2.68. The van der Waals surface area contributed by atoms with E-state index in [0.717, 1.165) is 29.2 Å². The Balaban J connectivity index is 2.03. The number of anilines is 1. The molecule has 0 bridgehead atoms. The zero-order valence-electron chi connectivity index (χ0n) is 17.9. The van der Waals surface area contributed by atoms with Crippen molar-refractivity contribution in [2.75, 3.05) is 39.8 Å². The summed E-state index contributed by atoms with van der Waals surface area (Å²) >= 11 is 0. The van der Waals surface area contributed by atoms with Gasteiger partial charge in [-0.3, -0.25) is 4.99 Å². The van der Waals surface area contributed by atoms with Gasteiger partial charge in [-0.2, -0.15) is 0 Å². The highest BCUT2D eigenvalue weighted by Crippen LogP contribution is 2.30. The molecule has 0 saturated carbocycles. The Morgan fingerprint density at radius 1 is 0.897 bits per heavy atom. The van der Waals surface area contributed by atoms with Crippen LogP contribution in [0.1, 0.15) is 25.8 Å². The Morgan fingerprint density at radius 3 is 2.31 bits per heavy atom. The summed E-state index contributed by atoms with van der Waals surface area (Å²) in [4.78, 5) is 4.28. The topological polar surface area (TPSA) is 73.3 Å². The first-order valence-electron chi connectivity index (χ1n) is 9.73. The number of guanidine groups is 1. The number of hydrogen-bond acceptors (Lipinski definition) is 5. The van der Waals surface area contributed by atoms with Crippen molar-refractivity contribution < 1.29 is 18.9 Å². The summed E-state index contributed by atoms with van der Waals surface area (Å²) in [6, 6.07) is 11.6. The van der Waals surface area contributed by atoms with Gasteiger partial charge in [0, 0.05) is 25.3 Å². The van der Waals surface area contributed by atoms with Crippen molar-refractivity contribution in [2.45, 2.75) is 26.8 Å². The minimum absolute atomic E-state index is 0.562. The van der Waals surface area contributed by atoms with Crippen molar-refractivity contribution in [3.05, 3.63) is 42.0 Å². The van der Waals surface area contributed by atoms with Crippen LogP contribution in [0.4, 0.5) is 5.69 Å². The molecule has 0 fully saturated rings. The largest absolute Gasteiger partial charge is 0.493 e. The molecule has 0 atom stereocenters. The van der Waals surface area contributed by atoms with Gasteiger partial charge in [0.25, 0.3) is 0 Å². The van der Waals surface area contributed by atoms with Crippen molar-refractivity contribution in [3.8, 4) is 23.0 Å². The van der Waals surface area contributed by atoms with Gasteiger partial charge in [-0.05, 0) is 43.2 Å². The zero-order valence-corrected chi connectivity index (χ0v) is 17.9. The van der Waals surface area contributed by atoms with E-state index in [1.807, 2.05) is 43.3 Å². The van der Waals surface area contributed by atoms with Gasteiger partial charge in [0.15, 0.2) is 29.0 Å². The van der Waals surface area contributed by atoms with E-state index in [-0.39, 0.29) is 0 Å². The van der Waals surface area contributed by atoms with Crippen LogP contribution in [-0.2, 0) is 6.54 Å². The first kappa shape index (κ1) is 22.2. The van der Waals surface area contributed by atoms with E-state index in [0.29, 0.717) is 37.2 Å². The Morgan fingerprint density at radius 2 is 1.66 bits per heavy atom. The molecule has 0 aromatic heterocycles. The van der Waals surface area contributed by atoms with Crippen LogP contribution in [0, 0.1) is 0 Å². The highest BCUT2D eigenvalue weighted by Gasteiger charge is 2.09. The van der Waals surface area contributed by atoms with Crippen LogP contribution in [0.2, 0.25) is 0 Å². The summed E-state index contributed by atoms with van der Waals surface area (Å²) in [6.45, 7) is 5.82. The van der Waals surface area contributed by atoms with Crippen LogP contribution in [-0.4, -0.2) is 40.4 Å². The van der Waals surface area contributed by atoms with Crippen molar-refractivity contribution in [1.82, 2.24) is 5.32 Å². The van der Waals surface area contributed by atoms with Gasteiger partial charge in [-0.1, -0.05) is 13.0 Å². The summed E-state index contributed by atoms with van der Waals surface area (Å²) in [7, 11) is 4.99. The number of aliphatic imine (C=N–C) groups is 1. The minimum atomic E-state index is 0.562.